The van der Waals surface area contributed by atoms with E-state index in [2.05, 4.69) is 5.10 Å². The van der Waals surface area contributed by atoms with Gasteiger partial charge >= 0.3 is 5.97 Å². The Hall–Kier alpha value is -1.39. The van der Waals surface area contributed by atoms with Crippen molar-refractivity contribution in [3.63, 3.8) is 0 Å². The molecule has 0 radical (unpaired) electrons. The molecule has 0 spiro atoms. The van der Waals surface area contributed by atoms with Gasteiger partial charge in [0.15, 0.2) is 5.82 Å². The predicted molar refractivity (Wildman–Crippen MR) is 74.4 cm³/mol. The third-order valence-corrected chi connectivity index (χ3v) is 4.80. The van der Waals surface area contributed by atoms with Crippen LogP contribution in [0.1, 0.15) is 69.4 Å². The molecule has 2 saturated carbocycles. The van der Waals surface area contributed by atoms with Crippen LogP contribution in [0.25, 0.3) is 0 Å². The molecule has 5 nitrogen and oxygen atoms in total. The van der Waals surface area contributed by atoms with Crippen molar-refractivity contribution in [3.05, 3.63) is 11.6 Å². The first-order valence-corrected chi connectivity index (χ1v) is 7.76. The third kappa shape index (κ3) is 2.03. The summed E-state index contributed by atoms with van der Waals surface area (Å²) in [5.74, 6) is 2.09. The monoisotopic (exact) mass is 277 g/mol. The number of hydrogen-bond acceptors (Lipinski definition) is 4. The number of esters is 1. The molecule has 0 bridgehead atoms. The second kappa shape index (κ2) is 5.19. The molecule has 1 heterocycles. The molecule has 1 aromatic heterocycles. The number of aromatic nitrogens is 3. The summed E-state index contributed by atoms with van der Waals surface area (Å²) in [4.78, 5) is 17.1. The average Bonchev–Trinajstić information content (AvgIpc) is 2.98. The number of aryl methyl sites for hydroxylation is 1. The zero-order valence-corrected chi connectivity index (χ0v) is 12.4. The molecule has 20 heavy (non-hydrogen) atoms. The molecule has 0 atom stereocenters. The van der Waals surface area contributed by atoms with Crippen LogP contribution in [0.3, 0.4) is 0 Å². The zero-order valence-electron chi connectivity index (χ0n) is 12.4. The van der Waals surface area contributed by atoms with Gasteiger partial charge in [-0.1, -0.05) is 19.3 Å². The molecule has 5 heteroatoms. The Balaban J connectivity index is 1.90. The van der Waals surface area contributed by atoms with Crippen LogP contribution in [0.15, 0.2) is 0 Å². The smallest absolute Gasteiger partial charge is 0.319 e. The lowest BCUT2D eigenvalue weighted by Gasteiger charge is -2.37. The highest BCUT2D eigenvalue weighted by atomic mass is 16.5. The molecule has 0 unspecified atom stereocenters. The van der Waals surface area contributed by atoms with Gasteiger partial charge in [0, 0.05) is 13.0 Å². The molecular weight excluding hydrogens is 254 g/mol. The molecular formula is C15H23N3O2. The summed E-state index contributed by atoms with van der Waals surface area (Å²) in [6.45, 7) is 2.28. The van der Waals surface area contributed by atoms with Gasteiger partial charge in [-0.15, -0.1) is 0 Å². The Morgan fingerprint density at radius 2 is 2.05 bits per heavy atom. The first kappa shape index (κ1) is 13.6. The van der Waals surface area contributed by atoms with Crippen molar-refractivity contribution in [2.45, 2.75) is 63.2 Å². The van der Waals surface area contributed by atoms with Crippen molar-refractivity contribution >= 4 is 5.97 Å². The van der Waals surface area contributed by atoms with Crippen molar-refractivity contribution in [2.24, 2.45) is 7.05 Å². The van der Waals surface area contributed by atoms with Crippen LogP contribution in [0, 0.1) is 0 Å². The van der Waals surface area contributed by atoms with Gasteiger partial charge in [-0.3, -0.25) is 9.48 Å². The first-order valence-electron chi connectivity index (χ1n) is 7.76. The van der Waals surface area contributed by atoms with Crippen LogP contribution >= 0.6 is 0 Å². The number of carbonyl (C=O) groups excluding carboxylic acids is 1. The van der Waals surface area contributed by atoms with Crippen LogP contribution in [0.2, 0.25) is 0 Å². The number of hydrogen-bond donors (Lipinski definition) is 0. The van der Waals surface area contributed by atoms with Gasteiger partial charge in [-0.05, 0) is 32.6 Å². The molecule has 1 aromatic rings. The minimum atomic E-state index is -0.533. The lowest BCUT2D eigenvalue weighted by Crippen LogP contribution is -2.45. The quantitative estimate of drug-likeness (QED) is 0.793. The van der Waals surface area contributed by atoms with Crippen molar-refractivity contribution in [3.8, 4) is 0 Å². The van der Waals surface area contributed by atoms with Crippen molar-refractivity contribution < 1.29 is 9.53 Å². The number of carbonyl (C=O) groups is 1. The maximum absolute atomic E-state index is 12.3. The average molecular weight is 277 g/mol. The number of rotatable bonds is 4. The molecule has 0 N–H and O–H groups in total. The molecule has 110 valence electrons. The summed E-state index contributed by atoms with van der Waals surface area (Å²) in [7, 11) is 1.90. The third-order valence-electron chi connectivity index (χ3n) is 4.80. The standard InChI is InChI=1S/C15H23N3O2/c1-3-20-14(19)15(9-6-10-15)13-16-12(17-18(13)2)11-7-4-5-8-11/h11H,3-10H2,1-2H3. The summed E-state index contributed by atoms with van der Waals surface area (Å²) >= 11 is 0. The van der Waals surface area contributed by atoms with Gasteiger partial charge in [0.25, 0.3) is 0 Å². The van der Waals surface area contributed by atoms with E-state index in [0.717, 1.165) is 30.9 Å². The van der Waals surface area contributed by atoms with E-state index in [-0.39, 0.29) is 5.97 Å². The SMILES string of the molecule is CCOC(=O)C1(c2nc(C3CCCC3)nn2C)CCC1. The fourth-order valence-electron chi connectivity index (χ4n) is 3.50. The Morgan fingerprint density at radius 1 is 1.35 bits per heavy atom. The van der Waals surface area contributed by atoms with Crippen molar-refractivity contribution in [1.29, 1.82) is 0 Å². The zero-order chi connectivity index (χ0) is 14.2. The van der Waals surface area contributed by atoms with E-state index < -0.39 is 5.41 Å². The largest absolute Gasteiger partial charge is 0.465 e. The van der Waals surface area contributed by atoms with Crippen LogP contribution < -0.4 is 0 Å². The molecule has 2 aliphatic rings. The minimum Gasteiger partial charge on any atom is -0.465 e. The van der Waals surface area contributed by atoms with E-state index in [1.165, 1.54) is 25.7 Å². The van der Waals surface area contributed by atoms with Gasteiger partial charge in [0.05, 0.1) is 6.61 Å². The number of nitrogens with zero attached hydrogens (tertiary/aromatic N) is 3. The van der Waals surface area contributed by atoms with E-state index in [4.69, 9.17) is 9.72 Å². The van der Waals surface area contributed by atoms with Gasteiger partial charge in [0.2, 0.25) is 0 Å². The van der Waals surface area contributed by atoms with Crippen LogP contribution in [-0.2, 0) is 22.0 Å². The van der Waals surface area contributed by atoms with Gasteiger partial charge in [-0.25, -0.2) is 4.98 Å². The highest BCUT2D eigenvalue weighted by molar-refractivity contribution is 5.83. The Morgan fingerprint density at radius 3 is 2.60 bits per heavy atom. The first-order chi connectivity index (χ1) is 9.67. The Kier molecular flexibility index (Phi) is 3.52. The normalized spacial score (nSPS) is 21.7. The molecule has 0 saturated heterocycles. The van der Waals surface area contributed by atoms with Crippen molar-refractivity contribution in [2.75, 3.05) is 6.61 Å². The maximum Gasteiger partial charge on any atom is 0.319 e. The molecule has 0 amide bonds. The summed E-state index contributed by atoms with van der Waals surface area (Å²) in [5, 5.41) is 4.58. The van der Waals surface area contributed by atoms with Crippen LogP contribution in [0.5, 0.6) is 0 Å². The van der Waals surface area contributed by atoms with Gasteiger partial charge in [-0.2, -0.15) is 5.10 Å². The molecule has 2 aliphatic carbocycles. The van der Waals surface area contributed by atoms with E-state index in [0.29, 0.717) is 12.5 Å². The lowest BCUT2D eigenvalue weighted by molar-refractivity contribution is -0.154. The van der Waals surface area contributed by atoms with Gasteiger partial charge < -0.3 is 4.74 Å². The number of ether oxygens (including phenoxy) is 1. The van der Waals surface area contributed by atoms with Crippen molar-refractivity contribution in [1.82, 2.24) is 14.8 Å². The van der Waals surface area contributed by atoms with E-state index >= 15 is 0 Å². The summed E-state index contributed by atoms with van der Waals surface area (Å²) < 4.78 is 7.08. The summed E-state index contributed by atoms with van der Waals surface area (Å²) in [6.07, 6.45) is 7.61. The fraction of sp³-hybridized carbons (Fsp3) is 0.800. The second-order valence-corrected chi connectivity index (χ2v) is 6.05. The minimum absolute atomic E-state index is 0.125. The van der Waals surface area contributed by atoms with Crippen LogP contribution in [0.4, 0.5) is 0 Å². The van der Waals surface area contributed by atoms with Gasteiger partial charge in [0.1, 0.15) is 11.2 Å². The topological polar surface area (TPSA) is 57.0 Å². The van der Waals surface area contributed by atoms with Crippen LogP contribution in [-0.4, -0.2) is 27.3 Å². The Labute approximate surface area is 119 Å². The highest BCUT2D eigenvalue weighted by Gasteiger charge is 2.51. The lowest BCUT2D eigenvalue weighted by atomic mass is 9.68. The molecule has 0 aliphatic heterocycles. The highest BCUT2D eigenvalue weighted by Crippen LogP contribution is 2.44. The van der Waals surface area contributed by atoms with E-state index in [1.54, 1.807) is 0 Å². The predicted octanol–water partition coefficient (Wildman–Crippen LogP) is 2.46. The second-order valence-electron chi connectivity index (χ2n) is 6.05. The summed E-state index contributed by atoms with van der Waals surface area (Å²) in [6, 6.07) is 0. The summed E-state index contributed by atoms with van der Waals surface area (Å²) in [5.41, 5.74) is -0.533. The molecule has 0 aromatic carbocycles. The van der Waals surface area contributed by atoms with E-state index in [9.17, 15) is 4.79 Å². The fourth-order valence-corrected chi connectivity index (χ4v) is 3.50. The Bertz CT molecular complexity index is 499. The maximum atomic E-state index is 12.3. The molecule has 2 fully saturated rings. The molecule has 3 rings (SSSR count). The van der Waals surface area contributed by atoms with E-state index in [1.807, 2.05) is 18.7 Å².